The monoisotopic (exact) mass is 368 g/mol. The van der Waals surface area contributed by atoms with Crippen molar-refractivity contribution in [1.82, 2.24) is 19.7 Å². The number of benzene rings is 1. The van der Waals surface area contributed by atoms with Crippen molar-refractivity contribution in [3.8, 4) is 11.5 Å². The zero-order chi connectivity index (χ0) is 19.1. The van der Waals surface area contributed by atoms with Crippen LogP contribution in [0.4, 0.5) is 11.8 Å². The van der Waals surface area contributed by atoms with Crippen LogP contribution in [0.5, 0.6) is 11.5 Å². The number of fused-ring (bicyclic) bond motifs is 1. The maximum absolute atomic E-state index is 6.27. The molecule has 0 spiro atoms. The number of aromatic nitrogens is 4. The van der Waals surface area contributed by atoms with Gasteiger partial charge in [-0.2, -0.15) is 10.1 Å². The van der Waals surface area contributed by atoms with Gasteiger partial charge in [0.25, 0.3) is 0 Å². The van der Waals surface area contributed by atoms with E-state index in [-0.39, 0.29) is 6.04 Å². The summed E-state index contributed by atoms with van der Waals surface area (Å²) in [5.41, 5.74) is 9.26. The molecule has 1 aliphatic heterocycles. The minimum Gasteiger partial charge on any atom is -0.493 e. The van der Waals surface area contributed by atoms with Crippen molar-refractivity contribution in [3.05, 3.63) is 29.6 Å². The van der Waals surface area contributed by atoms with Crippen molar-refractivity contribution in [2.24, 2.45) is 7.05 Å². The van der Waals surface area contributed by atoms with Crippen LogP contribution in [-0.2, 0) is 7.05 Å². The topological polar surface area (TPSA) is 91.3 Å². The Kier molecular flexibility index (Phi) is 4.25. The fourth-order valence-electron chi connectivity index (χ4n) is 3.87. The van der Waals surface area contributed by atoms with Gasteiger partial charge in [-0.15, -0.1) is 0 Å². The molecule has 8 nitrogen and oxygen atoms in total. The molecule has 3 heterocycles. The molecule has 1 fully saturated rings. The van der Waals surface area contributed by atoms with Crippen LogP contribution in [0, 0.1) is 6.92 Å². The Hall–Kier alpha value is -3.03. The SMILES string of the molecule is COc1cc2nc(N3CCCC3c3cn(C)nc3C)nc(N)c2cc1OC. The minimum atomic E-state index is 0.204. The van der Waals surface area contributed by atoms with E-state index in [1.807, 2.05) is 30.8 Å². The first-order valence-electron chi connectivity index (χ1n) is 8.98. The zero-order valence-corrected chi connectivity index (χ0v) is 16.1. The van der Waals surface area contributed by atoms with Crippen LogP contribution >= 0.6 is 0 Å². The lowest BCUT2D eigenvalue weighted by Gasteiger charge is -2.25. The van der Waals surface area contributed by atoms with E-state index >= 15 is 0 Å². The average molecular weight is 368 g/mol. The van der Waals surface area contributed by atoms with E-state index < -0.39 is 0 Å². The molecule has 0 bridgehead atoms. The van der Waals surface area contributed by atoms with Gasteiger partial charge >= 0.3 is 0 Å². The third-order valence-electron chi connectivity index (χ3n) is 5.14. The molecule has 1 saturated heterocycles. The highest BCUT2D eigenvalue weighted by atomic mass is 16.5. The number of ether oxygens (including phenoxy) is 2. The van der Waals surface area contributed by atoms with Crippen molar-refractivity contribution in [3.63, 3.8) is 0 Å². The Bertz CT molecular complexity index is 1000. The van der Waals surface area contributed by atoms with Crippen LogP contribution in [0.25, 0.3) is 10.9 Å². The Morgan fingerprint density at radius 2 is 1.89 bits per heavy atom. The van der Waals surface area contributed by atoms with Crippen LogP contribution in [0.15, 0.2) is 18.3 Å². The lowest BCUT2D eigenvalue weighted by atomic mass is 10.1. The standard InChI is InChI=1S/C19H24N6O2/c1-11-13(10-24(2)23-11)15-6-5-7-25(15)19-21-14-9-17(27-4)16(26-3)8-12(14)18(20)22-19/h8-10,15H,5-7H2,1-4H3,(H2,20,21,22). The highest BCUT2D eigenvalue weighted by molar-refractivity contribution is 5.91. The molecule has 0 radical (unpaired) electrons. The summed E-state index contributed by atoms with van der Waals surface area (Å²) in [6.45, 7) is 2.93. The first kappa shape index (κ1) is 17.4. The number of aryl methyl sites for hydroxylation is 2. The molecular weight excluding hydrogens is 344 g/mol. The lowest BCUT2D eigenvalue weighted by Crippen LogP contribution is -2.25. The molecule has 2 aromatic heterocycles. The van der Waals surface area contributed by atoms with E-state index in [4.69, 9.17) is 20.2 Å². The van der Waals surface area contributed by atoms with Crippen molar-refractivity contribution < 1.29 is 9.47 Å². The molecule has 2 N–H and O–H groups in total. The predicted molar refractivity (Wildman–Crippen MR) is 104 cm³/mol. The molecular formula is C19H24N6O2. The summed E-state index contributed by atoms with van der Waals surface area (Å²) in [5.74, 6) is 2.30. The largest absolute Gasteiger partial charge is 0.493 e. The van der Waals surface area contributed by atoms with Crippen LogP contribution in [0.1, 0.15) is 30.1 Å². The van der Waals surface area contributed by atoms with Gasteiger partial charge in [-0.25, -0.2) is 4.98 Å². The van der Waals surface area contributed by atoms with Gasteiger partial charge in [0.15, 0.2) is 11.5 Å². The summed E-state index contributed by atoms with van der Waals surface area (Å²) in [5, 5.41) is 5.24. The number of nitrogens with zero attached hydrogens (tertiary/aromatic N) is 5. The Morgan fingerprint density at radius 3 is 2.56 bits per heavy atom. The molecule has 0 saturated carbocycles. The van der Waals surface area contributed by atoms with E-state index in [1.165, 1.54) is 5.56 Å². The second kappa shape index (κ2) is 6.61. The summed E-state index contributed by atoms with van der Waals surface area (Å²) in [4.78, 5) is 11.6. The second-order valence-electron chi connectivity index (χ2n) is 6.83. The number of hydrogen-bond acceptors (Lipinski definition) is 7. The number of anilines is 2. The summed E-state index contributed by atoms with van der Waals surface area (Å²) >= 11 is 0. The Labute approximate surface area is 157 Å². The molecule has 3 aromatic rings. The van der Waals surface area contributed by atoms with Crippen LogP contribution in [0.3, 0.4) is 0 Å². The van der Waals surface area contributed by atoms with Gasteiger partial charge in [0.05, 0.1) is 31.5 Å². The molecule has 1 aromatic carbocycles. The Balaban J connectivity index is 1.80. The van der Waals surface area contributed by atoms with E-state index in [9.17, 15) is 0 Å². The highest BCUT2D eigenvalue weighted by Gasteiger charge is 2.31. The van der Waals surface area contributed by atoms with E-state index in [2.05, 4.69) is 21.2 Å². The number of methoxy groups -OCH3 is 2. The van der Waals surface area contributed by atoms with Gasteiger partial charge in [-0.1, -0.05) is 0 Å². The minimum absolute atomic E-state index is 0.204. The molecule has 142 valence electrons. The normalized spacial score (nSPS) is 16.9. The molecule has 1 unspecified atom stereocenters. The van der Waals surface area contributed by atoms with E-state index in [1.54, 1.807) is 14.2 Å². The second-order valence-corrected chi connectivity index (χ2v) is 6.83. The molecule has 27 heavy (non-hydrogen) atoms. The third kappa shape index (κ3) is 2.90. The number of nitrogen functional groups attached to an aromatic ring is 1. The van der Waals surface area contributed by atoms with Gasteiger partial charge in [0, 0.05) is 36.8 Å². The quantitative estimate of drug-likeness (QED) is 0.757. The van der Waals surface area contributed by atoms with Crippen molar-refractivity contribution >= 4 is 22.7 Å². The Morgan fingerprint density at radius 1 is 1.15 bits per heavy atom. The predicted octanol–water partition coefficient (Wildman–Crippen LogP) is 2.61. The first-order chi connectivity index (χ1) is 13.0. The smallest absolute Gasteiger partial charge is 0.228 e. The van der Waals surface area contributed by atoms with Gasteiger partial charge in [-0.3, -0.25) is 4.68 Å². The summed E-state index contributed by atoms with van der Waals surface area (Å²) in [7, 11) is 5.15. The molecule has 4 rings (SSSR count). The third-order valence-corrected chi connectivity index (χ3v) is 5.14. The first-order valence-corrected chi connectivity index (χ1v) is 8.98. The van der Waals surface area contributed by atoms with Crippen molar-refractivity contribution in [2.45, 2.75) is 25.8 Å². The van der Waals surface area contributed by atoms with E-state index in [0.29, 0.717) is 23.3 Å². The highest BCUT2D eigenvalue weighted by Crippen LogP contribution is 2.38. The zero-order valence-electron chi connectivity index (χ0n) is 16.1. The summed E-state index contributed by atoms with van der Waals surface area (Å²) in [6, 6.07) is 3.87. The molecule has 1 aliphatic rings. The van der Waals surface area contributed by atoms with Crippen molar-refractivity contribution in [2.75, 3.05) is 31.4 Å². The average Bonchev–Trinajstić information content (AvgIpc) is 3.26. The van der Waals surface area contributed by atoms with Crippen LogP contribution in [-0.4, -0.2) is 40.5 Å². The molecule has 1 atom stereocenters. The summed E-state index contributed by atoms with van der Waals surface area (Å²) in [6.07, 6.45) is 4.20. The van der Waals surface area contributed by atoms with Gasteiger partial charge in [-0.05, 0) is 25.8 Å². The number of hydrogen-bond donors (Lipinski definition) is 1. The summed E-state index contributed by atoms with van der Waals surface area (Å²) < 4.78 is 12.6. The number of rotatable bonds is 4. The maximum atomic E-state index is 6.27. The fourth-order valence-corrected chi connectivity index (χ4v) is 3.87. The van der Waals surface area contributed by atoms with Gasteiger partial charge < -0.3 is 20.1 Å². The molecule has 0 aliphatic carbocycles. The van der Waals surface area contributed by atoms with Crippen LogP contribution in [0.2, 0.25) is 0 Å². The molecule has 8 heteroatoms. The van der Waals surface area contributed by atoms with Crippen molar-refractivity contribution in [1.29, 1.82) is 0 Å². The number of nitrogens with two attached hydrogens (primary N) is 1. The van der Waals surface area contributed by atoms with Crippen LogP contribution < -0.4 is 20.1 Å². The van der Waals surface area contributed by atoms with Gasteiger partial charge in [0.2, 0.25) is 5.95 Å². The maximum Gasteiger partial charge on any atom is 0.228 e. The lowest BCUT2D eigenvalue weighted by molar-refractivity contribution is 0.356. The molecule has 0 amide bonds. The fraction of sp³-hybridized carbons (Fsp3) is 0.421. The van der Waals surface area contributed by atoms with E-state index in [0.717, 1.165) is 36.0 Å². The van der Waals surface area contributed by atoms with Gasteiger partial charge in [0.1, 0.15) is 5.82 Å².